The first kappa shape index (κ1) is 16.5. The van der Waals surface area contributed by atoms with Crippen molar-refractivity contribution in [2.75, 3.05) is 13.2 Å². The largest absolute Gasteiger partial charge is 0.465 e. The second-order valence-electron chi connectivity index (χ2n) is 6.86. The summed E-state index contributed by atoms with van der Waals surface area (Å²) in [5.41, 5.74) is 0. The van der Waals surface area contributed by atoms with Crippen LogP contribution in [0.5, 0.6) is 0 Å². The molecule has 0 aromatic rings. The predicted octanol–water partition coefficient (Wildman–Crippen LogP) is 2.72. The number of aliphatic hydroxyl groups is 1. The van der Waals surface area contributed by atoms with Gasteiger partial charge in [-0.15, -0.1) is 0 Å². The van der Waals surface area contributed by atoms with Crippen molar-refractivity contribution in [3.8, 4) is 0 Å². The average Bonchev–Trinajstić information content (AvgIpc) is 2.53. The van der Waals surface area contributed by atoms with Crippen LogP contribution in [0.2, 0.25) is 0 Å². The van der Waals surface area contributed by atoms with E-state index in [2.05, 4.69) is 0 Å². The molecule has 1 N–H and O–H groups in total. The molecule has 0 heterocycles. The molecule has 0 atom stereocenters. The molecular formula is C17H28O4. The third kappa shape index (κ3) is 4.80. The minimum absolute atomic E-state index is 0.00520. The molecule has 2 rings (SSSR count). The molecular weight excluding hydrogens is 268 g/mol. The highest BCUT2D eigenvalue weighted by Gasteiger charge is 2.30. The van der Waals surface area contributed by atoms with Gasteiger partial charge in [0.25, 0.3) is 0 Å². The number of carbonyl (C=O) groups is 2. The van der Waals surface area contributed by atoms with E-state index in [9.17, 15) is 9.59 Å². The first-order chi connectivity index (χ1) is 10.1. The molecule has 120 valence electrons. The van der Waals surface area contributed by atoms with E-state index >= 15 is 0 Å². The number of aliphatic hydroxyl groups excluding tert-OH is 1. The molecule has 0 aromatic heterocycles. The van der Waals surface area contributed by atoms with Crippen LogP contribution in [-0.4, -0.2) is 30.1 Å². The van der Waals surface area contributed by atoms with Crippen LogP contribution in [0, 0.1) is 23.7 Å². The molecule has 0 aromatic carbocycles. The van der Waals surface area contributed by atoms with Crippen LogP contribution < -0.4 is 0 Å². The third-order valence-corrected chi connectivity index (χ3v) is 5.32. The fourth-order valence-corrected chi connectivity index (χ4v) is 3.63. The third-order valence-electron chi connectivity index (χ3n) is 5.32. The SMILES string of the molecule is CC(=O)C1CCC(C(=O)OCC2CCC(CO)CC2)CC1. The molecule has 21 heavy (non-hydrogen) atoms. The Kier molecular flexibility index (Phi) is 6.22. The molecule has 2 fully saturated rings. The van der Waals surface area contributed by atoms with Crippen LogP contribution in [0.15, 0.2) is 0 Å². The van der Waals surface area contributed by atoms with Crippen LogP contribution >= 0.6 is 0 Å². The van der Waals surface area contributed by atoms with Crippen LogP contribution in [0.1, 0.15) is 58.3 Å². The highest BCUT2D eigenvalue weighted by molar-refractivity contribution is 5.79. The molecule has 0 saturated heterocycles. The van der Waals surface area contributed by atoms with Gasteiger partial charge in [-0.3, -0.25) is 9.59 Å². The Bertz CT molecular complexity index is 350. The Morgan fingerprint density at radius 1 is 0.905 bits per heavy atom. The molecule has 0 aliphatic heterocycles. The second kappa shape index (κ2) is 7.92. The number of ether oxygens (including phenoxy) is 1. The molecule has 2 saturated carbocycles. The van der Waals surface area contributed by atoms with Gasteiger partial charge in [0.05, 0.1) is 12.5 Å². The minimum Gasteiger partial charge on any atom is -0.465 e. The van der Waals surface area contributed by atoms with Crippen molar-refractivity contribution in [1.29, 1.82) is 0 Å². The van der Waals surface area contributed by atoms with Gasteiger partial charge in [0, 0.05) is 12.5 Å². The summed E-state index contributed by atoms with van der Waals surface area (Å²) in [7, 11) is 0. The van der Waals surface area contributed by atoms with Gasteiger partial charge in [-0.05, 0) is 70.1 Å². The second-order valence-corrected chi connectivity index (χ2v) is 6.86. The molecule has 0 unspecified atom stereocenters. The summed E-state index contributed by atoms with van der Waals surface area (Å²) in [5.74, 6) is 1.24. The summed E-state index contributed by atoms with van der Waals surface area (Å²) >= 11 is 0. The zero-order valence-electron chi connectivity index (χ0n) is 13.1. The normalized spacial score (nSPS) is 33.4. The lowest BCUT2D eigenvalue weighted by molar-refractivity contribution is -0.152. The van der Waals surface area contributed by atoms with E-state index in [1.807, 2.05) is 0 Å². The van der Waals surface area contributed by atoms with E-state index in [1.165, 1.54) is 0 Å². The van der Waals surface area contributed by atoms with Crippen molar-refractivity contribution in [2.45, 2.75) is 58.3 Å². The molecule has 0 radical (unpaired) electrons. The molecule has 4 nitrogen and oxygen atoms in total. The van der Waals surface area contributed by atoms with Crippen LogP contribution in [0.25, 0.3) is 0 Å². The number of ketones is 1. The van der Waals surface area contributed by atoms with Crippen molar-refractivity contribution in [2.24, 2.45) is 23.7 Å². The number of esters is 1. The van der Waals surface area contributed by atoms with Crippen LogP contribution in [0.3, 0.4) is 0 Å². The first-order valence-electron chi connectivity index (χ1n) is 8.38. The van der Waals surface area contributed by atoms with Crippen molar-refractivity contribution in [3.63, 3.8) is 0 Å². The van der Waals surface area contributed by atoms with E-state index in [-0.39, 0.29) is 30.2 Å². The van der Waals surface area contributed by atoms with Crippen molar-refractivity contribution >= 4 is 11.8 Å². The number of Topliss-reactive ketones (excluding diaryl/α,β-unsaturated/α-hetero) is 1. The van der Waals surface area contributed by atoms with Gasteiger partial charge < -0.3 is 9.84 Å². The zero-order chi connectivity index (χ0) is 15.2. The number of hydrogen-bond donors (Lipinski definition) is 1. The molecule has 0 bridgehead atoms. The summed E-state index contributed by atoms with van der Waals surface area (Å²) in [6.45, 7) is 2.46. The maximum absolute atomic E-state index is 12.1. The quantitative estimate of drug-likeness (QED) is 0.792. The van der Waals surface area contributed by atoms with Gasteiger partial charge in [-0.25, -0.2) is 0 Å². The number of hydrogen-bond acceptors (Lipinski definition) is 4. The van der Waals surface area contributed by atoms with E-state index in [1.54, 1.807) is 6.92 Å². The van der Waals surface area contributed by atoms with Crippen LogP contribution in [-0.2, 0) is 14.3 Å². The molecule has 4 heteroatoms. The summed E-state index contributed by atoms with van der Waals surface area (Å²) in [4.78, 5) is 23.4. The molecule has 2 aliphatic rings. The summed E-state index contributed by atoms with van der Waals surface area (Å²) in [6, 6.07) is 0. The Morgan fingerprint density at radius 3 is 1.95 bits per heavy atom. The first-order valence-corrected chi connectivity index (χ1v) is 8.38. The molecule has 0 spiro atoms. The fraction of sp³-hybridized carbons (Fsp3) is 0.882. The van der Waals surface area contributed by atoms with Gasteiger partial charge >= 0.3 is 5.97 Å². The van der Waals surface area contributed by atoms with E-state index in [0.29, 0.717) is 18.4 Å². The van der Waals surface area contributed by atoms with Gasteiger partial charge in [0.2, 0.25) is 0 Å². The Morgan fingerprint density at radius 2 is 1.43 bits per heavy atom. The highest BCUT2D eigenvalue weighted by Crippen LogP contribution is 2.31. The molecule has 2 aliphatic carbocycles. The van der Waals surface area contributed by atoms with Gasteiger partial charge in [-0.2, -0.15) is 0 Å². The predicted molar refractivity (Wildman–Crippen MR) is 79.6 cm³/mol. The van der Waals surface area contributed by atoms with Crippen LogP contribution in [0.4, 0.5) is 0 Å². The Hall–Kier alpha value is -0.900. The fourth-order valence-electron chi connectivity index (χ4n) is 3.63. The maximum Gasteiger partial charge on any atom is 0.308 e. The van der Waals surface area contributed by atoms with Crippen molar-refractivity contribution < 1.29 is 19.4 Å². The Balaban J connectivity index is 1.65. The van der Waals surface area contributed by atoms with E-state index in [4.69, 9.17) is 9.84 Å². The number of rotatable bonds is 5. The summed E-state index contributed by atoms with van der Waals surface area (Å²) in [6.07, 6.45) is 7.43. The lowest BCUT2D eigenvalue weighted by atomic mass is 9.80. The standard InChI is InChI=1S/C17H28O4/c1-12(19)15-6-8-16(9-7-15)17(20)21-11-14-4-2-13(10-18)3-5-14/h13-16,18H,2-11H2,1H3. The van der Waals surface area contributed by atoms with Gasteiger partial charge in [0.1, 0.15) is 5.78 Å². The average molecular weight is 296 g/mol. The minimum atomic E-state index is -0.0683. The van der Waals surface area contributed by atoms with E-state index in [0.717, 1.165) is 51.4 Å². The lowest BCUT2D eigenvalue weighted by Gasteiger charge is -2.29. The van der Waals surface area contributed by atoms with Crippen molar-refractivity contribution in [1.82, 2.24) is 0 Å². The Labute approximate surface area is 127 Å². The molecule has 0 amide bonds. The smallest absolute Gasteiger partial charge is 0.308 e. The topological polar surface area (TPSA) is 63.6 Å². The van der Waals surface area contributed by atoms with Gasteiger partial charge in [-0.1, -0.05) is 0 Å². The monoisotopic (exact) mass is 296 g/mol. The van der Waals surface area contributed by atoms with Crippen molar-refractivity contribution in [3.05, 3.63) is 0 Å². The number of carbonyl (C=O) groups excluding carboxylic acids is 2. The maximum atomic E-state index is 12.1. The zero-order valence-corrected chi connectivity index (χ0v) is 13.1. The lowest BCUT2D eigenvalue weighted by Crippen LogP contribution is -2.28. The summed E-state index contributed by atoms with van der Waals surface area (Å²) < 4.78 is 5.50. The summed E-state index contributed by atoms with van der Waals surface area (Å²) in [5, 5.41) is 9.12. The highest BCUT2D eigenvalue weighted by atomic mass is 16.5. The van der Waals surface area contributed by atoms with E-state index < -0.39 is 0 Å². The van der Waals surface area contributed by atoms with Gasteiger partial charge in [0.15, 0.2) is 0 Å².